The summed E-state index contributed by atoms with van der Waals surface area (Å²) in [5, 5.41) is 8.01. The van der Waals surface area contributed by atoms with Crippen LogP contribution in [0.15, 0.2) is 53.0 Å². The van der Waals surface area contributed by atoms with Gasteiger partial charge in [-0.15, -0.1) is 0 Å². The topological polar surface area (TPSA) is 46.9 Å². The van der Waals surface area contributed by atoms with Gasteiger partial charge in [0.15, 0.2) is 5.69 Å². The lowest BCUT2D eigenvalue weighted by atomic mass is 10.2. The van der Waals surface area contributed by atoms with Gasteiger partial charge in [0.1, 0.15) is 0 Å². The maximum absolute atomic E-state index is 12.3. The maximum atomic E-state index is 12.3. The number of carbonyl (C=O) groups excluding carboxylic acids is 1. The number of aromatic nitrogens is 2. The van der Waals surface area contributed by atoms with E-state index in [-0.39, 0.29) is 5.91 Å². The molecule has 4 nitrogen and oxygen atoms in total. The smallest absolute Gasteiger partial charge is 0.276 e. The van der Waals surface area contributed by atoms with E-state index in [1.54, 1.807) is 4.68 Å². The first kappa shape index (κ1) is 12.9. The molecule has 0 saturated carbocycles. The Morgan fingerprint density at radius 3 is 2.60 bits per heavy atom. The van der Waals surface area contributed by atoms with Crippen molar-refractivity contribution in [1.82, 2.24) is 9.78 Å². The van der Waals surface area contributed by atoms with Crippen LogP contribution in [-0.4, -0.2) is 15.7 Å². The van der Waals surface area contributed by atoms with Crippen LogP contribution in [0.5, 0.6) is 0 Å². The molecule has 0 aliphatic rings. The number of para-hydroxylation sites is 1. The minimum atomic E-state index is -0.205. The summed E-state index contributed by atoms with van der Waals surface area (Å²) in [5.74, 6) is -0.205. The average molecular weight is 330 g/mol. The molecule has 5 heteroatoms. The van der Waals surface area contributed by atoms with E-state index in [0.29, 0.717) is 5.69 Å². The Hall–Kier alpha value is -2.14. The summed E-state index contributed by atoms with van der Waals surface area (Å²) >= 11 is 3.36. The highest BCUT2D eigenvalue weighted by Crippen LogP contribution is 2.19. The summed E-state index contributed by atoms with van der Waals surface area (Å²) < 4.78 is 2.69. The number of halogens is 1. The molecule has 0 saturated heterocycles. The van der Waals surface area contributed by atoms with Gasteiger partial charge in [-0.3, -0.25) is 9.48 Å². The largest absolute Gasteiger partial charge is 0.321 e. The van der Waals surface area contributed by atoms with Gasteiger partial charge < -0.3 is 5.32 Å². The molecule has 1 N–H and O–H groups in total. The number of anilines is 1. The first-order valence-corrected chi connectivity index (χ1v) is 6.93. The summed E-state index contributed by atoms with van der Waals surface area (Å²) in [6, 6.07) is 15.1. The lowest BCUT2D eigenvalue weighted by Crippen LogP contribution is -2.13. The zero-order valence-electron chi connectivity index (χ0n) is 10.8. The quantitative estimate of drug-likeness (QED) is 0.781. The van der Waals surface area contributed by atoms with Crippen molar-refractivity contribution in [1.29, 1.82) is 0 Å². The van der Waals surface area contributed by atoms with E-state index < -0.39 is 0 Å². The fourth-order valence-corrected chi connectivity index (χ4v) is 2.37. The van der Waals surface area contributed by atoms with Crippen LogP contribution in [0.4, 0.5) is 5.69 Å². The van der Waals surface area contributed by atoms with Crippen molar-refractivity contribution in [2.75, 3.05) is 5.32 Å². The number of hydrogen-bond donors (Lipinski definition) is 1. The number of aryl methyl sites for hydroxylation is 1. The van der Waals surface area contributed by atoms with E-state index in [1.165, 1.54) is 0 Å². The number of benzene rings is 2. The Bertz CT molecular complexity index is 777. The highest BCUT2D eigenvalue weighted by atomic mass is 79.9. The van der Waals surface area contributed by atoms with Gasteiger partial charge in [0.25, 0.3) is 5.91 Å². The molecule has 1 amide bonds. The van der Waals surface area contributed by atoms with Crippen LogP contribution in [0, 0.1) is 0 Å². The molecule has 0 aliphatic heterocycles. The van der Waals surface area contributed by atoms with E-state index in [0.717, 1.165) is 21.1 Å². The molecule has 1 heterocycles. The first-order valence-electron chi connectivity index (χ1n) is 6.14. The number of nitrogens with one attached hydrogen (secondary N) is 1. The van der Waals surface area contributed by atoms with Crippen LogP contribution in [0.1, 0.15) is 10.5 Å². The Balaban J connectivity index is 1.95. The monoisotopic (exact) mass is 329 g/mol. The van der Waals surface area contributed by atoms with Crippen molar-refractivity contribution >= 4 is 38.4 Å². The number of rotatable bonds is 2. The molecule has 3 aromatic rings. The predicted octanol–water partition coefficient (Wildman–Crippen LogP) is 3.59. The zero-order valence-corrected chi connectivity index (χ0v) is 12.4. The van der Waals surface area contributed by atoms with Crippen LogP contribution in [0.3, 0.4) is 0 Å². The van der Waals surface area contributed by atoms with Gasteiger partial charge in [0.05, 0.1) is 5.52 Å². The minimum absolute atomic E-state index is 0.205. The van der Waals surface area contributed by atoms with Gasteiger partial charge in [-0.2, -0.15) is 5.10 Å². The van der Waals surface area contributed by atoms with Crippen LogP contribution < -0.4 is 5.32 Å². The molecule has 0 unspecified atom stereocenters. The summed E-state index contributed by atoms with van der Waals surface area (Å²) in [4.78, 5) is 12.3. The third kappa shape index (κ3) is 2.32. The van der Waals surface area contributed by atoms with E-state index in [1.807, 2.05) is 55.6 Å². The molecule has 0 atom stereocenters. The van der Waals surface area contributed by atoms with Gasteiger partial charge in [-0.05, 0) is 30.3 Å². The maximum Gasteiger partial charge on any atom is 0.276 e. The van der Waals surface area contributed by atoms with Crippen molar-refractivity contribution in [2.24, 2.45) is 7.05 Å². The third-order valence-electron chi connectivity index (χ3n) is 3.07. The Kier molecular flexibility index (Phi) is 3.28. The fraction of sp³-hybridized carbons (Fsp3) is 0.0667. The van der Waals surface area contributed by atoms with Gasteiger partial charge >= 0.3 is 0 Å². The van der Waals surface area contributed by atoms with Gasteiger partial charge in [-0.1, -0.05) is 34.1 Å². The molecule has 20 heavy (non-hydrogen) atoms. The average Bonchev–Trinajstić information content (AvgIpc) is 2.79. The summed E-state index contributed by atoms with van der Waals surface area (Å²) in [6.45, 7) is 0. The lowest BCUT2D eigenvalue weighted by molar-refractivity contribution is 0.102. The zero-order chi connectivity index (χ0) is 14.1. The third-order valence-corrected chi connectivity index (χ3v) is 3.60. The van der Waals surface area contributed by atoms with Crippen LogP contribution in [0.2, 0.25) is 0 Å². The molecule has 100 valence electrons. The fourth-order valence-electron chi connectivity index (χ4n) is 2.11. The molecule has 0 radical (unpaired) electrons. The molecule has 0 spiro atoms. The van der Waals surface area contributed by atoms with E-state index in [9.17, 15) is 4.79 Å². The number of hydrogen-bond acceptors (Lipinski definition) is 2. The van der Waals surface area contributed by atoms with Crippen molar-refractivity contribution in [3.8, 4) is 0 Å². The Morgan fingerprint density at radius 1 is 1.15 bits per heavy atom. The van der Waals surface area contributed by atoms with Crippen molar-refractivity contribution in [3.05, 3.63) is 58.7 Å². The predicted molar refractivity (Wildman–Crippen MR) is 82.8 cm³/mol. The van der Waals surface area contributed by atoms with E-state index in [4.69, 9.17) is 0 Å². The molecule has 0 bridgehead atoms. The second-order valence-corrected chi connectivity index (χ2v) is 5.37. The van der Waals surface area contributed by atoms with Gasteiger partial charge in [0.2, 0.25) is 0 Å². The standard InChI is InChI=1S/C15H12BrN3O/c1-19-13-5-3-2-4-12(13)14(18-19)15(20)17-11-8-6-10(16)7-9-11/h2-9H,1H3,(H,17,20). The number of amides is 1. The van der Waals surface area contributed by atoms with Crippen LogP contribution >= 0.6 is 15.9 Å². The second-order valence-electron chi connectivity index (χ2n) is 4.45. The van der Waals surface area contributed by atoms with Crippen molar-refractivity contribution in [2.45, 2.75) is 0 Å². The van der Waals surface area contributed by atoms with Crippen molar-refractivity contribution in [3.63, 3.8) is 0 Å². The Morgan fingerprint density at radius 2 is 1.85 bits per heavy atom. The summed E-state index contributed by atoms with van der Waals surface area (Å²) in [5.41, 5.74) is 2.12. The number of nitrogens with zero attached hydrogens (tertiary/aromatic N) is 2. The summed E-state index contributed by atoms with van der Waals surface area (Å²) in [6.07, 6.45) is 0. The number of carbonyl (C=O) groups is 1. The SMILES string of the molecule is Cn1nc(C(=O)Nc2ccc(Br)cc2)c2ccccc21. The van der Waals surface area contributed by atoms with Gasteiger partial charge in [0, 0.05) is 22.6 Å². The molecule has 0 fully saturated rings. The molecular weight excluding hydrogens is 318 g/mol. The van der Waals surface area contributed by atoms with Crippen molar-refractivity contribution < 1.29 is 4.79 Å². The van der Waals surface area contributed by atoms with Crippen LogP contribution in [0.25, 0.3) is 10.9 Å². The lowest BCUT2D eigenvalue weighted by Gasteiger charge is -2.03. The van der Waals surface area contributed by atoms with E-state index in [2.05, 4.69) is 26.3 Å². The molecule has 0 aliphatic carbocycles. The number of fused-ring (bicyclic) bond motifs is 1. The first-order chi connectivity index (χ1) is 9.65. The molecule has 2 aromatic carbocycles. The minimum Gasteiger partial charge on any atom is -0.321 e. The summed E-state index contributed by atoms with van der Waals surface area (Å²) in [7, 11) is 1.83. The second kappa shape index (κ2) is 5.09. The Labute approximate surface area is 124 Å². The molecule has 1 aromatic heterocycles. The highest BCUT2D eigenvalue weighted by molar-refractivity contribution is 9.10. The van der Waals surface area contributed by atoms with Crippen LogP contribution in [-0.2, 0) is 7.05 Å². The highest BCUT2D eigenvalue weighted by Gasteiger charge is 2.15. The molecule has 3 rings (SSSR count). The van der Waals surface area contributed by atoms with Gasteiger partial charge in [-0.25, -0.2) is 0 Å². The normalized spacial score (nSPS) is 10.7. The van der Waals surface area contributed by atoms with E-state index >= 15 is 0 Å². The molecular formula is C15H12BrN3O.